The summed E-state index contributed by atoms with van der Waals surface area (Å²) in [6, 6.07) is 2.06. The third kappa shape index (κ3) is 3.22. The number of anilines is 1. The van der Waals surface area contributed by atoms with Gasteiger partial charge in [0.25, 0.3) is 0 Å². The molecule has 4 rings (SSSR count). The minimum Gasteiger partial charge on any atom is -0.381 e. The van der Waals surface area contributed by atoms with Crippen molar-refractivity contribution in [2.24, 2.45) is 5.41 Å². The lowest BCUT2D eigenvalue weighted by Gasteiger charge is -2.40. The topological polar surface area (TPSA) is 45.7 Å². The molecule has 7 heteroatoms. The van der Waals surface area contributed by atoms with Gasteiger partial charge in [-0.3, -0.25) is 4.79 Å². The molecule has 5 nitrogen and oxygen atoms in total. The number of pyridine rings is 1. The first-order valence-corrected chi connectivity index (χ1v) is 9.79. The number of hydrogen-bond acceptors (Lipinski definition) is 4. The van der Waals surface area contributed by atoms with Gasteiger partial charge in [0.05, 0.1) is 15.5 Å². The highest BCUT2D eigenvalue weighted by Gasteiger charge is 2.50. The molecule has 0 N–H and O–H groups in total. The fourth-order valence-electron chi connectivity index (χ4n) is 4.52. The first-order chi connectivity index (χ1) is 12.1. The Labute approximate surface area is 158 Å². The van der Waals surface area contributed by atoms with Crippen molar-refractivity contribution in [3.63, 3.8) is 0 Å². The molecule has 0 saturated carbocycles. The fraction of sp³-hybridized carbons (Fsp3) is 0.667. The van der Waals surface area contributed by atoms with Crippen LogP contribution < -0.4 is 4.90 Å². The second-order valence-electron chi connectivity index (χ2n) is 7.36. The van der Waals surface area contributed by atoms with Gasteiger partial charge in [0.2, 0.25) is 5.91 Å². The van der Waals surface area contributed by atoms with Gasteiger partial charge in [0.1, 0.15) is 5.82 Å². The Morgan fingerprint density at radius 1 is 1.20 bits per heavy atom. The lowest BCUT2D eigenvalue weighted by atomic mass is 9.78. The number of aromatic nitrogens is 1. The highest BCUT2D eigenvalue weighted by molar-refractivity contribution is 6.36. The van der Waals surface area contributed by atoms with Crippen LogP contribution in [0.4, 0.5) is 5.82 Å². The molecule has 1 atom stereocenters. The van der Waals surface area contributed by atoms with E-state index in [0.717, 1.165) is 64.2 Å². The molecular formula is C18H23Cl2N3O2. The summed E-state index contributed by atoms with van der Waals surface area (Å²) in [6.07, 6.45) is 6.38. The highest BCUT2D eigenvalue weighted by Crippen LogP contribution is 2.43. The van der Waals surface area contributed by atoms with Gasteiger partial charge in [-0.1, -0.05) is 23.2 Å². The van der Waals surface area contributed by atoms with E-state index in [4.69, 9.17) is 27.9 Å². The molecule has 0 aliphatic carbocycles. The van der Waals surface area contributed by atoms with Crippen molar-refractivity contribution >= 4 is 34.9 Å². The number of nitrogens with zero attached hydrogens (tertiary/aromatic N) is 3. The van der Waals surface area contributed by atoms with Gasteiger partial charge in [0.15, 0.2) is 0 Å². The van der Waals surface area contributed by atoms with E-state index in [1.807, 2.05) is 0 Å². The Morgan fingerprint density at radius 2 is 2.00 bits per heavy atom. The molecule has 0 radical (unpaired) electrons. The predicted molar refractivity (Wildman–Crippen MR) is 98.3 cm³/mol. The third-order valence-corrected chi connectivity index (χ3v) is 6.33. The number of piperidine rings is 1. The summed E-state index contributed by atoms with van der Waals surface area (Å²) in [5, 5.41) is 1.08. The Morgan fingerprint density at radius 3 is 2.76 bits per heavy atom. The number of halogens is 2. The van der Waals surface area contributed by atoms with E-state index in [9.17, 15) is 4.79 Å². The van der Waals surface area contributed by atoms with Crippen LogP contribution in [-0.2, 0) is 9.53 Å². The number of hydrogen-bond donors (Lipinski definition) is 0. The molecule has 4 heterocycles. The number of rotatable bonds is 2. The first kappa shape index (κ1) is 17.4. The van der Waals surface area contributed by atoms with Crippen LogP contribution in [0.2, 0.25) is 10.0 Å². The summed E-state index contributed by atoms with van der Waals surface area (Å²) >= 11 is 12.3. The minimum absolute atomic E-state index is 0.290. The van der Waals surface area contributed by atoms with Crippen molar-refractivity contribution in [2.75, 3.05) is 37.7 Å². The summed E-state index contributed by atoms with van der Waals surface area (Å²) in [6.45, 7) is 3.95. The minimum atomic E-state index is -0.290. The van der Waals surface area contributed by atoms with Crippen molar-refractivity contribution in [2.45, 2.75) is 38.1 Å². The van der Waals surface area contributed by atoms with Gasteiger partial charge in [-0.2, -0.15) is 0 Å². The van der Waals surface area contributed by atoms with Crippen molar-refractivity contribution in [1.82, 2.24) is 9.88 Å². The quantitative estimate of drug-likeness (QED) is 0.784. The molecule has 25 heavy (non-hydrogen) atoms. The number of likely N-dealkylation sites (tertiary alicyclic amines) is 1. The van der Waals surface area contributed by atoms with E-state index in [2.05, 4.69) is 14.8 Å². The van der Waals surface area contributed by atoms with E-state index in [0.29, 0.717) is 28.5 Å². The third-order valence-electron chi connectivity index (χ3n) is 5.84. The van der Waals surface area contributed by atoms with Crippen molar-refractivity contribution < 1.29 is 9.53 Å². The van der Waals surface area contributed by atoms with Gasteiger partial charge in [-0.05, 0) is 38.2 Å². The van der Waals surface area contributed by atoms with Crippen molar-refractivity contribution in [3.8, 4) is 0 Å². The molecule has 1 amide bonds. The lowest BCUT2D eigenvalue weighted by molar-refractivity contribution is -0.139. The maximum atomic E-state index is 13.3. The average Bonchev–Trinajstić information content (AvgIpc) is 2.92. The zero-order valence-electron chi connectivity index (χ0n) is 14.2. The standard InChI is InChI=1S/C18H23Cl2N3O2/c19-13-10-15(20)16(21-11-13)22-6-1-4-18(12-22)5-7-23(17(18)24)14-2-8-25-9-3-14/h10-11,14H,1-9,12H2/t18-/m0/s1. The molecule has 0 aromatic carbocycles. The van der Waals surface area contributed by atoms with E-state index in [-0.39, 0.29) is 5.41 Å². The van der Waals surface area contributed by atoms with Crippen LogP contribution >= 0.6 is 23.2 Å². The number of ether oxygens (including phenoxy) is 1. The summed E-state index contributed by atoms with van der Waals surface area (Å²) in [4.78, 5) is 22.0. The number of carbonyl (C=O) groups is 1. The van der Waals surface area contributed by atoms with Crippen LogP contribution in [0.3, 0.4) is 0 Å². The molecule has 3 aliphatic rings. The Bertz CT molecular complexity index is 666. The molecular weight excluding hydrogens is 361 g/mol. The molecule has 0 unspecified atom stereocenters. The van der Waals surface area contributed by atoms with Crippen molar-refractivity contribution in [1.29, 1.82) is 0 Å². The Kier molecular flexibility index (Phi) is 4.82. The van der Waals surface area contributed by atoms with E-state index in [1.165, 1.54) is 0 Å². The predicted octanol–water partition coefficient (Wildman–Crippen LogP) is 3.39. The average molecular weight is 384 g/mol. The van der Waals surface area contributed by atoms with Gasteiger partial charge in [-0.25, -0.2) is 4.98 Å². The van der Waals surface area contributed by atoms with Crippen molar-refractivity contribution in [3.05, 3.63) is 22.3 Å². The fourth-order valence-corrected chi connectivity index (χ4v) is 5.02. The number of carbonyl (C=O) groups excluding carboxylic acids is 1. The lowest BCUT2D eigenvalue weighted by Crippen LogP contribution is -2.50. The number of amides is 1. The van der Waals surface area contributed by atoms with E-state index < -0.39 is 0 Å². The zero-order valence-corrected chi connectivity index (χ0v) is 15.7. The van der Waals surface area contributed by atoms with Crippen LogP contribution in [0, 0.1) is 5.41 Å². The van der Waals surface area contributed by atoms with Crippen LogP contribution in [0.25, 0.3) is 0 Å². The molecule has 1 aromatic heterocycles. The van der Waals surface area contributed by atoms with E-state index >= 15 is 0 Å². The molecule has 3 fully saturated rings. The van der Waals surface area contributed by atoms with E-state index in [1.54, 1.807) is 12.3 Å². The van der Waals surface area contributed by atoms with Gasteiger partial charge >= 0.3 is 0 Å². The second-order valence-corrected chi connectivity index (χ2v) is 8.20. The zero-order chi connectivity index (χ0) is 17.4. The summed E-state index contributed by atoms with van der Waals surface area (Å²) in [5.74, 6) is 1.05. The second kappa shape index (κ2) is 6.93. The van der Waals surface area contributed by atoms with Crippen LogP contribution in [0.5, 0.6) is 0 Å². The maximum absolute atomic E-state index is 13.3. The van der Waals surface area contributed by atoms with Crippen LogP contribution in [0.15, 0.2) is 12.3 Å². The molecule has 0 bridgehead atoms. The maximum Gasteiger partial charge on any atom is 0.230 e. The SMILES string of the molecule is O=C1N(C2CCOCC2)CC[C@]12CCCN(c1ncc(Cl)cc1Cl)C2. The summed E-state index contributed by atoms with van der Waals surface area (Å²) in [7, 11) is 0. The molecule has 136 valence electrons. The Hall–Kier alpha value is -1.04. The largest absolute Gasteiger partial charge is 0.381 e. The molecule has 1 aromatic rings. The normalized spacial score (nSPS) is 28.2. The summed E-state index contributed by atoms with van der Waals surface area (Å²) < 4.78 is 5.45. The van der Waals surface area contributed by atoms with Gasteiger partial charge < -0.3 is 14.5 Å². The molecule has 1 spiro atoms. The summed E-state index contributed by atoms with van der Waals surface area (Å²) in [5.41, 5.74) is -0.290. The molecule has 3 aliphatic heterocycles. The molecule has 3 saturated heterocycles. The highest BCUT2D eigenvalue weighted by atomic mass is 35.5. The van der Waals surface area contributed by atoms with Gasteiger partial charge in [0, 0.05) is 45.1 Å². The van der Waals surface area contributed by atoms with Crippen LogP contribution in [-0.4, -0.2) is 54.7 Å². The first-order valence-electron chi connectivity index (χ1n) is 9.04. The monoisotopic (exact) mass is 383 g/mol. The Balaban J connectivity index is 1.53. The van der Waals surface area contributed by atoms with Crippen LogP contribution in [0.1, 0.15) is 32.1 Å². The van der Waals surface area contributed by atoms with Gasteiger partial charge in [-0.15, -0.1) is 0 Å². The smallest absolute Gasteiger partial charge is 0.230 e.